The van der Waals surface area contributed by atoms with Crippen molar-refractivity contribution in [2.75, 3.05) is 0 Å². The van der Waals surface area contributed by atoms with E-state index in [0.29, 0.717) is 17.6 Å². The normalized spacial score (nSPS) is 12.5. The van der Waals surface area contributed by atoms with Gasteiger partial charge in [0.1, 0.15) is 22.3 Å². The molecule has 0 amide bonds. The first kappa shape index (κ1) is 52.7. The molecule has 0 saturated carbocycles. The summed E-state index contributed by atoms with van der Waals surface area (Å²) in [4.78, 5) is 17.3. The van der Waals surface area contributed by atoms with Crippen molar-refractivity contribution in [3.8, 4) is 62.4 Å². The van der Waals surface area contributed by atoms with Crippen molar-refractivity contribution in [1.29, 1.82) is 0 Å². The summed E-state index contributed by atoms with van der Waals surface area (Å²) in [5.41, 5.74) is 20.2. The number of aromatic nitrogens is 6. The second-order valence-corrected chi connectivity index (χ2v) is 26.3. The first-order valence-electron chi connectivity index (χ1n) is 31.3. The molecular weight excluding hydrogens is 1110 g/mol. The average Bonchev–Trinajstić information content (AvgIpc) is 1.58. The van der Waals surface area contributed by atoms with Gasteiger partial charge in [-0.05, 0) is 141 Å². The smallest absolute Gasteiger partial charge is 0.238 e. The van der Waals surface area contributed by atoms with Crippen LogP contribution in [0.2, 0.25) is 0 Å². The zero-order valence-corrected chi connectivity index (χ0v) is 51.2. The Morgan fingerprint density at radius 2 is 0.659 bits per heavy atom. The van der Waals surface area contributed by atoms with Crippen LogP contribution in [-0.4, -0.2) is 28.7 Å². The number of benzene rings is 12. The molecule has 91 heavy (non-hydrogen) atoms. The van der Waals surface area contributed by atoms with Crippen LogP contribution in [0.25, 0.3) is 172 Å². The first-order valence-corrected chi connectivity index (χ1v) is 31.3. The highest BCUT2D eigenvalue weighted by Crippen LogP contribution is 2.46. The van der Waals surface area contributed by atoms with Gasteiger partial charge in [-0.2, -0.15) is 9.97 Å². The van der Waals surface area contributed by atoms with E-state index in [4.69, 9.17) is 23.8 Å². The molecule has 0 aliphatic carbocycles. The number of furan rings is 2. The molecule has 0 N–H and O–H groups in total. The molecule has 434 valence electrons. The molecule has 18 rings (SSSR count). The van der Waals surface area contributed by atoms with Gasteiger partial charge in [-0.1, -0.05) is 199 Å². The molecule has 0 bridgehead atoms. The van der Waals surface area contributed by atoms with Gasteiger partial charge in [0, 0.05) is 54.2 Å². The maximum Gasteiger partial charge on any atom is 0.238 e. The van der Waals surface area contributed by atoms with Crippen molar-refractivity contribution in [2.45, 2.75) is 52.4 Å². The summed E-state index contributed by atoms with van der Waals surface area (Å²) in [6.07, 6.45) is 0. The molecule has 0 atom stereocenters. The highest BCUT2D eigenvalue weighted by atomic mass is 16.3. The summed E-state index contributed by atoms with van der Waals surface area (Å²) < 4.78 is 20.3. The van der Waals surface area contributed by atoms with Gasteiger partial charge in [-0.25, -0.2) is 4.98 Å². The molecule has 0 unspecified atom stereocenters. The summed E-state index contributed by atoms with van der Waals surface area (Å²) in [5, 5.41) is 10.9. The van der Waals surface area contributed by atoms with Crippen molar-refractivity contribution in [3.05, 3.63) is 266 Å². The fourth-order valence-corrected chi connectivity index (χ4v) is 14.4. The molecule has 8 nitrogen and oxygen atoms in total. The second-order valence-electron chi connectivity index (χ2n) is 26.3. The number of para-hydroxylation sites is 6. The molecule has 6 aromatic heterocycles. The van der Waals surface area contributed by atoms with Crippen molar-refractivity contribution >= 4 is 109 Å². The number of fused-ring (bicyclic) bond motifs is 17. The minimum absolute atomic E-state index is 0.0238. The summed E-state index contributed by atoms with van der Waals surface area (Å²) in [6, 6.07) is 91.6. The molecule has 0 spiro atoms. The maximum absolute atomic E-state index is 6.63. The summed E-state index contributed by atoms with van der Waals surface area (Å²) in [5.74, 6) is 1.53. The molecule has 6 heterocycles. The van der Waals surface area contributed by atoms with Gasteiger partial charge in [0.25, 0.3) is 0 Å². The number of hydrogen-bond acceptors (Lipinski definition) is 5. The summed E-state index contributed by atoms with van der Waals surface area (Å²) >= 11 is 0. The minimum Gasteiger partial charge on any atom is -0.456 e. The van der Waals surface area contributed by atoms with Crippen LogP contribution in [0.5, 0.6) is 0 Å². The van der Waals surface area contributed by atoms with E-state index in [1.165, 1.54) is 11.1 Å². The number of nitrogens with zero attached hydrogens (tertiary/aromatic N) is 6. The van der Waals surface area contributed by atoms with Crippen molar-refractivity contribution in [3.63, 3.8) is 0 Å². The van der Waals surface area contributed by atoms with Crippen LogP contribution in [0.1, 0.15) is 52.7 Å². The Labute approximate surface area is 524 Å². The maximum atomic E-state index is 6.63. The second kappa shape index (κ2) is 19.6. The predicted molar refractivity (Wildman–Crippen MR) is 377 cm³/mol. The van der Waals surface area contributed by atoms with Crippen LogP contribution >= 0.6 is 0 Å². The molecule has 0 fully saturated rings. The van der Waals surface area contributed by atoms with E-state index < -0.39 is 0 Å². The van der Waals surface area contributed by atoms with Crippen LogP contribution in [0.4, 0.5) is 0 Å². The zero-order valence-electron chi connectivity index (χ0n) is 51.2. The van der Waals surface area contributed by atoms with E-state index >= 15 is 0 Å². The molecule has 0 aliphatic heterocycles. The zero-order chi connectivity index (χ0) is 61.0. The number of hydrogen-bond donors (Lipinski definition) is 0. The lowest BCUT2D eigenvalue weighted by Crippen LogP contribution is -2.10. The van der Waals surface area contributed by atoms with Crippen molar-refractivity contribution < 1.29 is 8.83 Å². The van der Waals surface area contributed by atoms with Gasteiger partial charge >= 0.3 is 0 Å². The molecule has 0 aliphatic rings. The third kappa shape index (κ3) is 8.11. The van der Waals surface area contributed by atoms with E-state index in [0.717, 1.165) is 154 Å². The van der Waals surface area contributed by atoms with Crippen LogP contribution in [-0.2, 0) is 10.8 Å². The Morgan fingerprint density at radius 3 is 1.10 bits per heavy atom. The SMILES string of the molecule is CC(C)(C)c1ccc(-c2ccc3c(c2)c2cc(-c4ccc(C(C)(C)C)cc4)ccc2n3-c2nc(-c3ccccc3-n3c4ccccc4c4ccc5oc6ccccc6c5c43)nc(-c3ccccc3-n3c4ccccc4c4ccc5oc6ccccc6c5c43)n2)cc1. The quantitative estimate of drug-likeness (QED) is 0.159. The van der Waals surface area contributed by atoms with E-state index in [1.807, 2.05) is 12.1 Å². The Kier molecular flexibility index (Phi) is 11.3. The lowest BCUT2D eigenvalue weighted by Gasteiger charge is -2.19. The lowest BCUT2D eigenvalue weighted by molar-refractivity contribution is 0.590. The van der Waals surface area contributed by atoms with Gasteiger partial charge in [0.15, 0.2) is 11.6 Å². The molecule has 18 aromatic rings. The van der Waals surface area contributed by atoms with Crippen LogP contribution in [0.3, 0.4) is 0 Å². The lowest BCUT2D eigenvalue weighted by atomic mass is 9.86. The van der Waals surface area contributed by atoms with E-state index in [1.54, 1.807) is 0 Å². The van der Waals surface area contributed by atoms with E-state index in [9.17, 15) is 0 Å². The largest absolute Gasteiger partial charge is 0.456 e. The topological polar surface area (TPSA) is 79.7 Å². The first-order chi connectivity index (χ1) is 44.4. The van der Waals surface area contributed by atoms with Gasteiger partial charge in [0.2, 0.25) is 5.95 Å². The monoisotopic (exact) mass is 1170 g/mol. The fourth-order valence-electron chi connectivity index (χ4n) is 14.4. The molecule has 8 heteroatoms. The highest BCUT2D eigenvalue weighted by Gasteiger charge is 2.27. The molecular formula is C83H60N6O2. The van der Waals surface area contributed by atoms with Crippen molar-refractivity contribution in [1.82, 2.24) is 28.7 Å². The fraction of sp³-hybridized carbons (Fsp3) is 0.0964. The molecule has 12 aromatic carbocycles. The van der Waals surface area contributed by atoms with Crippen LogP contribution in [0.15, 0.2) is 264 Å². The van der Waals surface area contributed by atoms with Gasteiger partial charge in [-0.15, -0.1) is 0 Å². The molecule has 0 saturated heterocycles. The summed E-state index contributed by atoms with van der Waals surface area (Å²) in [7, 11) is 0. The summed E-state index contributed by atoms with van der Waals surface area (Å²) in [6.45, 7) is 13.6. The Hall–Kier alpha value is -11.4. The van der Waals surface area contributed by atoms with Crippen LogP contribution < -0.4 is 0 Å². The molecule has 0 radical (unpaired) electrons. The Morgan fingerprint density at radius 1 is 0.286 bits per heavy atom. The number of rotatable bonds is 7. The highest BCUT2D eigenvalue weighted by molar-refractivity contribution is 6.26. The van der Waals surface area contributed by atoms with Gasteiger partial charge < -0.3 is 18.0 Å². The standard InChI is InChI=1S/C83H60N6O2/c1-82(2,3)53-37-31-49(32-38-53)51-35-43-69-63(47-51)64-48-52(50-33-39-54(40-34-50)83(4,5)6)36-44-70(64)89(69)81-85-79(59-21-9-15-27-67(59)87-65-25-13-7-19-55(65)57-41-45-73-75(77(57)87)61-23-11-17-29-71(61)90-73)84-80(86-81)60-22-10-16-28-68(60)88-66-26-14-8-20-56(66)58-42-46-74-76(78(58)88)62-24-12-18-30-72(62)91-74/h7-48H,1-6H3. The predicted octanol–water partition coefficient (Wildman–Crippen LogP) is 22.2. The Balaban J connectivity index is 0.934. The average molecular weight is 1170 g/mol. The van der Waals surface area contributed by atoms with Crippen molar-refractivity contribution in [2.24, 2.45) is 0 Å². The minimum atomic E-state index is 0.0238. The third-order valence-electron chi connectivity index (χ3n) is 18.9. The third-order valence-corrected chi connectivity index (χ3v) is 18.9. The van der Waals surface area contributed by atoms with E-state index in [-0.39, 0.29) is 10.8 Å². The Bertz CT molecular complexity index is 5670. The van der Waals surface area contributed by atoms with Crippen LogP contribution in [0, 0.1) is 0 Å². The van der Waals surface area contributed by atoms with Gasteiger partial charge in [-0.3, -0.25) is 4.57 Å². The van der Waals surface area contributed by atoms with Gasteiger partial charge in [0.05, 0.1) is 55.2 Å². The van der Waals surface area contributed by atoms with E-state index in [2.05, 4.69) is 298 Å².